The molecule has 3 rings (SSSR count). The van der Waals surface area contributed by atoms with E-state index in [9.17, 15) is 26.7 Å². The fourth-order valence-corrected chi connectivity index (χ4v) is 5.16. The van der Waals surface area contributed by atoms with Gasteiger partial charge in [0.1, 0.15) is 0 Å². The van der Waals surface area contributed by atoms with E-state index < -0.39 is 38.0 Å². The van der Waals surface area contributed by atoms with Gasteiger partial charge in [-0.05, 0) is 24.3 Å². The Balaban J connectivity index is 2.19. The van der Waals surface area contributed by atoms with Gasteiger partial charge < -0.3 is 5.11 Å². The Hall–Kier alpha value is -2.02. The van der Waals surface area contributed by atoms with Gasteiger partial charge in [-0.2, -0.15) is 14.0 Å². The molecule has 2 aromatic carbocycles. The molecule has 0 radical (unpaired) electrons. The lowest BCUT2D eigenvalue weighted by molar-refractivity contribution is -0.166. The second-order valence-electron chi connectivity index (χ2n) is 5.86. The van der Waals surface area contributed by atoms with Crippen molar-refractivity contribution in [3.05, 3.63) is 59.2 Å². The van der Waals surface area contributed by atoms with Gasteiger partial charge in [-0.1, -0.05) is 30.0 Å². The predicted octanol–water partition coefficient (Wildman–Crippen LogP) is 3.56. The van der Waals surface area contributed by atoms with Crippen LogP contribution < -0.4 is 0 Å². The quantitative estimate of drug-likeness (QED) is 0.854. The van der Waals surface area contributed by atoms with E-state index in [1.54, 1.807) is 18.2 Å². The summed E-state index contributed by atoms with van der Waals surface area (Å²) in [5.74, 6) is -4.53. The highest BCUT2D eigenvalue weighted by Crippen LogP contribution is 2.60. The third-order valence-electron chi connectivity index (χ3n) is 4.18. The van der Waals surface area contributed by atoms with Gasteiger partial charge in [0.25, 0.3) is 4.93 Å². The third-order valence-corrected chi connectivity index (χ3v) is 6.81. The summed E-state index contributed by atoms with van der Waals surface area (Å²) in [5.41, 5.74) is -0.894. The van der Waals surface area contributed by atoms with Crippen LogP contribution in [0, 0.1) is 11.3 Å². The summed E-state index contributed by atoms with van der Waals surface area (Å²) in [6.07, 6.45) is -2.54. The van der Waals surface area contributed by atoms with Crippen molar-refractivity contribution in [2.45, 2.75) is 26.8 Å². The molecule has 1 N–H and O–H groups in total. The maximum absolute atomic E-state index is 14.6. The molecule has 0 saturated carbocycles. The van der Waals surface area contributed by atoms with Gasteiger partial charge in [0.15, 0.2) is 16.0 Å². The Morgan fingerprint density at radius 1 is 1.23 bits per heavy atom. The molecule has 0 unspecified atom stereocenters. The molecule has 0 saturated heterocycles. The van der Waals surface area contributed by atoms with E-state index in [0.29, 0.717) is 16.7 Å². The number of halogens is 3. The minimum absolute atomic E-state index is 0.0457. The predicted molar refractivity (Wildman–Crippen MR) is 89.3 cm³/mol. The highest BCUT2D eigenvalue weighted by molar-refractivity contribution is 7.99. The van der Waals surface area contributed by atoms with Crippen LogP contribution >= 0.6 is 11.8 Å². The van der Waals surface area contributed by atoms with Gasteiger partial charge in [0, 0.05) is 27.2 Å². The molecule has 0 aromatic heterocycles. The summed E-state index contributed by atoms with van der Waals surface area (Å²) in [5, 5.41) is 19.3. The van der Waals surface area contributed by atoms with E-state index in [-0.39, 0.29) is 4.90 Å². The van der Waals surface area contributed by atoms with E-state index in [4.69, 9.17) is 5.26 Å². The van der Waals surface area contributed by atoms with Crippen molar-refractivity contribution < 1.29 is 26.7 Å². The average molecular weight is 399 g/mol. The SMILES string of the molecule is CS(=O)(=O)[C@@]1(O)c2cccc(Sc3cccc(C#N)c3)c2[C@@H](F)C1(F)F. The first-order chi connectivity index (χ1) is 12.0. The molecule has 26 heavy (non-hydrogen) atoms. The third kappa shape index (κ3) is 2.52. The Bertz CT molecular complexity index is 1030. The van der Waals surface area contributed by atoms with Crippen LogP contribution in [0.3, 0.4) is 0 Å². The molecule has 0 heterocycles. The fourth-order valence-electron chi connectivity index (χ4n) is 2.93. The van der Waals surface area contributed by atoms with Gasteiger partial charge in [-0.25, -0.2) is 12.8 Å². The summed E-state index contributed by atoms with van der Waals surface area (Å²) in [6, 6.07) is 11.8. The van der Waals surface area contributed by atoms with E-state index in [1.807, 2.05) is 6.07 Å². The lowest BCUT2D eigenvalue weighted by atomic mass is 10.1. The van der Waals surface area contributed by atoms with Crippen LogP contribution in [-0.2, 0) is 14.8 Å². The lowest BCUT2D eigenvalue weighted by Gasteiger charge is -2.28. The van der Waals surface area contributed by atoms with Crippen molar-refractivity contribution in [3.63, 3.8) is 0 Å². The number of hydrogen-bond donors (Lipinski definition) is 1. The van der Waals surface area contributed by atoms with E-state index in [1.165, 1.54) is 18.2 Å². The largest absolute Gasteiger partial charge is 0.366 e. The zero-order valence-corrected chi connectivity index (χ0v) is 14.9. The van der Waals surface area contributed by atoms with Crippen LogP contribution in [0.2, 0.25) is 0 Å². The zero-order valence-electron chi connectivity index (χ0n) is 13.3. The van der Waals surface area contributed by atoms with Crippen molar-refractivity contribution in [2.75, 3.05) is 6.26 Å². The summed E-state index contributed by atoms with van der Waals surface area (Å²) >= 11 is 0.908. The van der Waals surface area contributed by atoms with Crippen LogP contribution in [0.5, 0.6) is 0 Å². The molecule has 2 atom stereocenters. The maximum atomic E-state index is 14.6. The fraction of sp³-hybridized carbons (Fsp3) is 0.235. The van der Waals surface area contributed by atoms with Crippen molar-refractivity contribution >= 4 is 21.6 Å². The number of alkyl halides is 3. The Morgan fingerprint density at radius 2 is 1.88 bits per heavy atom. The molecular formula is C17H12F3NO3S2. The van der Waals surface area contributed by atoms with Gasteiger partial charge in [0.2, 0.25) is 0 Å². The summed E-state index contributed by atoms with van der Waals surface area (Å²) in [6.45, 7) is 0. The molecule has 0 fully saturated rings. The lowest BCUT2D eigenvalue weighted by Crippen LogP contribution is -2.48. The van der Waals surface area contributed by atoms with Crippen LogP contribution in [0.25, 0.3) is 0 Å². The van der Waals surface area contributed by atoms with E-state index in [0.717, 1.165) is 17.8 Å². The molecule has 136 valence electrons. The Morgan fingerprint density at radius 3 is 2.50 bits per heavy atom. The molecule has 0 bridgehead atoms. The van der Waals surface area contributed by atoms with E-state index in [2.05, 4.69) is 0 Å². The van der Waals surface area contributed by atoms with E-state index >= 15 is 0 Å². The summed E-state index contributed by atoms with van der Waals surface area (Å²) in [4.78, 5) is -3.10. The van der Waals surface area contributed by atoms with Gasteiger partial charge in [-0.15, -0.1) is 0 Å². The first-order valence-corrected chi connectivity index (χ1v) is 10.00. The number of nitriles is 1. The summed E-state index contributed by atoms with van der Waals surface area (Å²) in [7, 11) is -4.74. The average Bonchev–Trinajstić information content (AvgIpc) is 2.74. The number of nitrogens with zero attached hydrogens (tertiary/aromatic N) is 1. The molecule has 1 aliphatic carbocycles. The molecule has 9 heteroatoms. The van der Waals surface area contributed by atoms with Crippen molar-refractivity contribution in [3.8, 4) is 6.07 Å². The molecule has 4 nitrogen and oxygen atoms in total. The monoisotopic (exact) mass is 399 g/mol. The molecule has 0 amide bonds. The minimum atomic E-state index is -4.74. The first-order valence-electron chi connectivity index (χ1n) is 7.29. The smallest absolute Gasteiger partial charge is 0.329 e. The number of rotatable bonds is 3. The number of aliphatic hydroxyl groups is 1. The highest BCUT2D eigenvalue weighted by atomic mass is 32.2. The Kier molecular flexibility index (Phi) is 4.34. The number of hydrogen-bond acceptors (Lipinski definition) is 5. The molecule has 1 aliphatic rings. The maximum Gasteiger partial charge on any atom is 0.329 e. The van der Waals surface area contributed by atoms with Crippen LogP contribution in [-0.4, -0.2) is 25.7 Å². The first kappa shape index (κ1) is 18.8. The van der Waals surface area contributed by atoms with Crippen LogP contribution in [0.15, 0.2) is 52.3 Å². The van der Waals surface area contributed by atoms with Crippen LogP contribution in [0.4, 0.5) is 13.2 Å². The molecule has 0 aliphatic heterocycles. The highest BCUT2D eigenvalue weighted by Gasteiger charge is 2.72. The van der Waals surface area contributed by atoms with Crippen molar-refractivity contribution in [1.82, 2.24) is 0 Å². The topological polar surface area (TPSA) is 78.2 Å². The summed E-state index contributed by atoms with van der Waals surface area (Å²) < 4.78 is 67.3. The number of fused-ring (bicyclic) bond motifs is 1. The Labute approximate surface area is 152 Å². The molecule has 0 spiro atoms. The molecular weight excluding hydrogens is 387 g/mol. The number of sulfone groups is 1. The van der Waals surface area contributed by atoms with Crippen LogP contribution in [0.1, 0.15) is 22.9 Å². The zero-order chi connectivity index (χ0) is 19.3. The van der Waals surface area contributed by atoms with Crippen molar-refractivity contribution in [1.29, 1.82) is 5.26 Å². The van der Waals surface area contributed by atoms with Gasteiger partial charge in [-0.3, -0.25) is 0 Å². The molecule has 2 aromatic rings. The normalized spacial score (nSPS) is 24.1. The second kappa shape index (κ2) is 6.01. The van der Waals surface area contributed by atoms with Gasteiger partial charge >= 0.3 is 5.92 Å². The standard InChI is InChI=1S/C17H12F3NO3S2/c1-26(23,24)17(22)12-6-3-7-13(14(12)15(18)16(17,19)20)25-11-5-2-4-10(8-11)9-21/h2-8,15,22H,1H3/t15-,17+/m1/s1. The minimum Gasteiger partial charge on any atom is -0.366 e. The second-order valence-corrected chi connectivity index (χ2v) is 9.11. The van der Waals surface area contributed by atoms with Gasteiger partial charge in [0.05, 0.1) is 11.6 Å². The number of benzene rings is 2. The van der Waals surface area contributed by atoms with Crippen molar-refractivity contribution in [2.24, 2.45) is 0 Å².